The van der Waals surface area contributed by atoms with E-state index in [1.54, 1.807) is 26.2 Å². The summed E-state index contributed by atoms with van der Waals surface area (Å²) in [7, 11) is -3.31. The fraction of sp³-hybridized carbons (Fsp3) is 0.278. The molecule has 2 heterocycles. The Kier molecular flexibility index (Phi) is 5.43. The lowest BCUT2D eigenvalue weighted by molar-refractivity contribution is 0.569. The Bertz CT molecular complexity index is 983. The van der Waals surface area contributed by atoms with Gasteiger partial charge >= 0.3 is 0 Å². The van der Waals surface area contributed by atoms with Gasteiger partial charge in [0.1, 0.15) is 12.1 Å². The zero-order valence-corrected chi connectivity index (χ0v) is 15.5. The molecule has 8 heteroatoms. The van der Waals surface area contributed by atoms with Crippen LogP contribution in [0, 0.1) is 0 Å². The standard InChI is InChI=1S/C18H21N5O2S/c1-13(2)23-26(24,25)11-15-5-3-14(4-6-15)9-20-18-16-7-8-19-10-17(16)21-12-22-18/h3-8,10,12-13,23H,9,11H2,1-2H3,(H,20,21,22). The number of hydrogen-bond acceptors (Lipinski definition) is 6. The van der Waals surface area contributed by atoms with Crippen LogP contribution in [-0.4, -0.2) is 29.4 Å². The minimum absolute atomic E-state index is 0.0254. The van der Waals surface area contributed by atoms with Gasteiger partial charge in [0.2, 0.25) is 10.0 Å². The van der Waals surface area contributed by atoms with Crippen molar-refractivity contribution in [2.24, 2.45) is 0 Å². The number of benzene rings is 1. The van der Waals surface area contributed by atoms with Crippen LogP contribution in [0.25, 0.3) is 10.9 Å². The average molecular weight is 371 g/mol. The lowest BCUT2D eigenvalue weighted by atomic mass is 10.1. The number of nitrogens with zero attached hydrogens (tertiary/aromatic N) is 3. The van der Waals surface area contributed by atoms with Crippen molar-refractivity contribution in [2.45, 2.75) is 32.2 Å². The van der Waals surface area contributed by atoms with Gasteiger partial charge in [-0.15, -0.1) is 0 Å². The molecular formula is C18H21N5O2S. The Morgan fingerprint density at radius 2 is 1.77 bits per heavy atom. The molecule has 0 bridgehead atoms. The SMILES string of the molecule is CC(C)NS(=O)(=O)Cc1ccc(CNc2ncnc3cnccc23)cc1. The summed E-state index contributed by atoms with van der Waals surface area (Å²) in [6, 6.07) is 9.25. The van der Waals surface area contributed by atoms with E-state index in [2.05, 4.69) is 25.0 Å². The van der Waals surface area contributed by atoms with Crippen LogP contribution in [0.3, 0.4) is 0 Å². The Hall–Kier alpha value is -2.58. The average Bonchev–Trinajstić information content (AvgIpc) is 2.59. The fourth-order valence-electron chi connectivity index (χ4n) is 2.61. The van der Waals surface area contributed by atoms with Crippen molar-refractivity contribution < 1.29 is 8.42 Å². The number of pyridine rings is 1. The summed E-state index contributed by atoms with van der Waals surface area (Å²) < 4.78 is 26.6. The summed E-state index contributed by atoms with van der Waals surface area (Å²) in [5, 5.41) is 4.20. The van der Waals surface area contributed by atoms with Crippen LogP contribution < -0.4 is 10.0 Å². The number of nitrogens with one attached hydrogen (secondary N) is 2. The molecule has 0 aliphatic carbocycles. The van der Waals surface area contributed by atoms with Crippen molar-refractivity contribution in [1.82, 2.24) is 19.7 Å². The first-order chi connectivity index (χ1) is 12.4. The van der Waals surface area contributed by atoms with Gasteiger partial charge in [-0.1, -0.05) is 24.3 Å². The molecule has 0 aliphatic rings. The molecule has 0 saturated heterocycles. The van der Waals surface area contributed by atoms with Gasteiger partial charge < -0.3 is 5.32 Å². The largest absolute Gasteiger partial charge is 0.365 e. The first kappa shape index (κ1) is 18.2. The van der Waals surface area contributed by atoms with Crippen molar-refractivity contribution in [3.8, 4) is 0 Å². The van der Waals surface area contributed by atoms with Gasteiger partial charge in [0, 0.05) is 24.2 Å². The first-order valence-corrected chi connectivity index (χ1v) is 9.94. The predicted molar refractivity (Wildman–Crippen MR) is 102 cm³/mol. The van der Waals surface area contributed by atoms with E-state index in [1.807, 2.05) is 30.3 Å². The maximum absolute atomic E-state index is 12.0. The Labute approximate surface area is 153 Å². The molecule has 0 fully saturated rings. The van der Waals surface area contributed by atoms with Crippen molar-refractivity contribution in [3.05, 3.63) is 60.2 Å². The number of fused-ring (bicyclic) bond motifs is 1. The van der Waals surface area contributed by atoms with Gasteiger partial charge in [0.05, 0.1) is 17.5 Å². The first-order valence-electron chi connectivity index (χ1n) is 8.29. The summed E-state index contributed by atoms with van der Waals surface area (Å²) in [5.41, 5.74) is 2.56. The van der Waals surface area contributed by atoms with E-state index in [9.17, 15) is 8.42 Å². The Morgan fingerprint density at radius 3 is 2.50 bits per heavy atom. The van der Waals surface area contributed by atoms with Crippen molar-refractivity contribution in [1.29, 1.82) is 0 Å². The lowest BCUT2D eigenvalue weighted by Crippen LogP contribution is -2.31. The summed E-state index contributed by atoms with van der Waals surface area (Å²) in [4.78, 5) is 12.5. The maximum Gasteiger partial charge on any atom is 0.216 e. The van der Waals surface area contributed by atoms with Gasteiger partial charge in [-0.25, -0.2) is 23.1 Å². The molecule has 7 nitrogen and oxygen atoms in total. The summed E-state index contributed by atoms with van der Waals surface area (Å²) in [5.74, 6) is 0.716. The van der Waals surface area contributed by atoms with Gasteiger partial charge in [-0.05, 0) is 31.0 Å². The van der Waals surface area contributed by atoms with Crippen LogP contribution in [0.1, 0.15) is 25.0 Å². The molecule has 0 aliphatic heterocycles. The van der Waals surface area contributed by atoms with E-state index in [0.29, 0.717) is 6.54 Å². The number of sulfonamides is 1. The normalized spacial score (nSPS) is 11.8. The molecule has 0 unspecified atom stereocenters. The van der Waals surface area contributed by atoms with Gasteiger partial charge in [-0.2, -0.15) is 0 Å². The predicted octanol–water partition coefficient (Wildman–Crippen LogP) is 2.46. The minimum atomic E-state index is -3.31. The van der Waals surface area contributed by atoms with Gasteiger partial charge in [0.25, 0.3) is 0 Å². The monoisotopic (exact) mass is 371 g/mol. The molecule has 3 rings (SSSR count). The van der Waals surface area contributed by atoms with Crippen molar-refractivity contribution in [3.63, 3.8) is 0 Å². The highest BCUT2D eigenvalue weighted by Crippen LogP contribution is 2.18. The molecule has 1 aromatic carbocycles. The van der Waals surface area contributed by atoms with Gasteiger partial charge in [-0.3, -0.25) is 4.98 Å². The molecule has 0 saturated carbocycles. The lowest BCUT2D eigenvalue weighted by Gasteiger charge is -2.11. The van der Waals surface area contributed by atoms with E-state index in [-0.39, 0.29) is 11.8 Å². The zero-order chi connectivity index (χ0) is 18.6. The van der Waals surface area contributed by atoms with Crippen LogP contribution in [0.2, 0.25) is 0 Å². The second-order valence-electron chi connectivity index (χ2n) is 6.32. The van der Waals surface area contributed by atoms with Gasteiger partial charge in [0.15, 0.2) is 0 Å². The summed E-state index contributed by atoms with van der Waals surface area (Å²) >= 11 is 0. The second kappa shape index (κ2) is 7.76. The molecule has 0 amide bonds. The van der Waals surface area contributed by atoms with E-state index in [1.165, 1.54) is 6.33 Å². The second-order valence-corrected chi connectivity index (χ2v) is 8.07. The third kappa shape index (κ3) is 4.74. The molecular weight excluding hydrogens is 350 g/mol. The van der Waals surface area contributed by atoms with E-state index in [4.69, 9.17) is 0 Å². The molecule has 136 valence electrons. The van der Waals surface area contributed by atoms with Crippen LogP contribution in [-0.2, 0) is 22.3 Å². The van der Waals surface area contributed by atoms with Crippen molar-refractivity contribution in [2.75, 3.05) is 5.32 Å². The maximum atomic E-state index is 12.0. The van der Waals surface area contributed by atoms with E-state index < -0.39 is 10.0 Å². The molecule has 3 aromatic rings. The quantitative estimate of drug-likeness (QED) is 0.662. The highest BCUT2D eigenvalue weighted by Gasteiger charge is 2.12. The highest BCUT2D eigenvalue weighted by atomic mass is 32.2. The van der Waals surface area contributed by atoms with Crippen LogP contribution in [0.4, 0.5) is 5.82 Å². The molecule has 0 spiro atoms. The van der Waals surface area contributed by atoms with Crippen LogP contribution >= 0.6 is 0 Å². The molecule has 2 aromatic heterocycles. The summed E-state index contributed by atoms with van der Waals surface area (Å²) in [6.07, 6.45) is 4.90. The minimum Gasteiger partial charge on any atom is -0.365 e. The van der Waals surface area contributed by atoms with Crippen LogP contribution in [0.5, 0.6) is 0 Å². The smallest absolute Gasteiger partial charge is 0.216 e. The molecule has 0 atom stereocenters. The number of aromatic nitrogens is 3. The number of rotatable bonds is 7. The van der Waals surface area contributed by atoms with E-state index in [0.717, 1.165) is 27.8 Å². The summed E-state index contributed by atoms with van der Waals surface area (Å²) in [6.45, 7) is 4.18. The van der Waals surface area contributed by atoms with E-state index >= 15 is 0 Å². The number of anilines is 1. The molecule has 2 N–H and O–H groups in total. The van der Waals surface area contributed by atoms with Crippen LogP contribution in [0.15, 0.2) is 49.1 Å². The Balaban J connectivity index is 1.66. The number of hydrogen-bond donors (Lipinski definition) is 2. The third-order valence-corrected chi connectivity index (χ3v) is 5.24. The Morgan fingerprint density at radius 1 is 1.04 bits per heavy atom. The zero-order valence-electron chi connectivity index (χ0n) is 14.7. The third-order valence-electron chi connectivity index (χ3n) is 3.69. The molecule has 26 heavy (non-hydrogen) atoms. The van der Waals surface area contributed by atoms with Crippen molar-refractivity contribution >= 4 is 26.7 Å². The highest BCUT2D eigenvalue weighted by molar-refractivity contribution is 7.88. The molecule has 0 radical (unpaired) electrons. The fourth-order valence-corrected chi connectivity index (χ4v) is 4.04. The topological polar surface area (TPSA) is 96.9 Å².